The monoisotopic (exact) mass is 199 g/mol. The first-order chi connectivity index (χ1) is 6.63. The van der Waals surface area contributed by atoms with Gasteiger partial charge in [0.1, 0.15) is 0 Å². The van der Waals surface area contributed by atoms with Crippen LogP contribution in [0.3, 0.4) is 0 Å². The Balaban J connectivity index is 3.74. The van der Waals surface area contributed by atoms with Gasteiger partial charge >= 0.3 is 0 Å². The van der Waals surface area contributed by atoms with Crippen LogP contribution >= 0.6 is 0 Å². The molecule has 1 heteroatoms. The van der Waals surface area contributed by atoms with Crippen molar-refractivity contribution in [3.8, 4) is 0 Å². The molecule has 0 amide bonds. The Kier molecular flexibility index (Phi) is 8.26. The molecular weight excluding hydrogens is 170 g/mol. The normalized spacial score (nSPS) is 15.9. The fraction of sp³-hybridized carbons (Fsp3) is 1.00. The highest BCUT2D eigenvalue weighted by atomic mass is 14.9. The Morgan fingerprint density at radius 1 is 1.00 bits per heavy atom. The molecule has 0 bridgehead atoms. The quantitative estimate of drug-likeness (QED) is 0.586. The predicted octanol–water partition coefficient (Wildman–Crippen LogP) is 3.84. The molecule has 0 saturated heterocycles. The molecule has 0 rings (SSSR count). The smallest absolute Gasteiger partial charge is 0.00664 e. The van der Waals surface area contributed by atoms with Crippen molar-refractivity contribution < 1.29 is 0 Å². The van der Waals surface area contributed by atoms with Crippen LogP contribution in [-0.4, -0.2) is 13.1 Å². The molecular formula is C13H29N. The maximum absolute atomic E-state index is 3.39. The summed E-state index contributed by atoms with van der Waals surface area (Å²) in [4.78, 5) is 0. The maximum atomic E-state index is 3.39. The van der Waals surface area contributed by atoms with Crippen molar-refractivity contribution in [3.63, 3.8) is 0 Å². The van der Waals surface area contributed by atoms with Gasteiger partial charge in [-0.2, -0.15) is 0 Å². The SMILES string of the molecule is CCCCCCC(C(C)C)C(C)NC. The van der Waals surface area contributed by atoms with Crippen LogP contribution in [0.5, 0.6) is 0 Å². The lowest BCUT2D eigenvalue weighted by Crippen LogP contribution is -2.33. The molecule has 14 heavy (non-hydrogen) atoms. The van der Waals surface area contributed by atoms with E-state index in [4.69, 9.17) is 0 Å². The van der Waals surface area contributed by atoms with Gasteiger partial charge in [-0.1, -0.05) is 46.5 Å². The maximum Gasteiger partial charge on any atom is 0.00664 e. The van der Waals surface area contributed by atoms with Crippen molar-refractivity contribution in [1.82, 2.24) is 5.32 Å². The summed E-state index contributed by atoms with van der Waals surface area (Å²) in [7, 11) is 2.08. The van der Waals surface area contributed by atoms with Crippen LogP contribution in [0.4, 0.5) is 0 Å². The highest BCUT2D eigenvalue weighted by Crippen LogP contribution is 2.22. The lowest BCUT2D eigenvalue weighted by Gasteiger charge is -2.27. The Hall–Kier alpha value is -0.0400. The number of hydrogen-bond acceptors (Lipinski definition) is 1. The Morgan fingerprint density at radius 3 is 2.07 bits per heavy atom. The first-order valence-corrected chi connectivity index (χ1v) is 6.30. The number of nitrogens with one attached hydrogen (secondary N) is 1. The molecule has 86 valence electrons. The molecule has 0 spiro atoms. The van der Waals surface area contributed by atoms with Crippen LogP contribution in [0.2, 0.25) is 0 Å². The first-order valence-electron chi connectivity index (χ1n) is 6.30. The summed E-state index contributed by atoms with van der Waals surface area (Å²) in [6.07, 6.45) is 6.95. The second-order valence-electron chi connectivity index (χ2n) is 4.83. The topological polar surface area (TPSA) is 12.0 Å². The van der Waals surface area contributed by atoms with Gasteiger partial charge in [0.15, 0.2) is 0 Å². The van der Waals surface area contributed by atoms with E-state index in [1.54, 1.807) is 0 Å². The van der Waals surface area contributed by atoms with Crippen molar-refractivity contribution in [1.29, 1.82) is 0 Å². The Bertz CT molecular complexity index is 120. The summed E-state index contributed by atoms with van der Waals surface area (Å²) in [6, 6.07) is 0.664. The Labute approximate surface area is 90.7 Å². The van der Waals surface area contributed by atoms with Crippen LogP contribution in [0, 0.1) is 11.8 Å². The molecule has 0 radical (unpaired) electrons. The molecule has 0 aliphatic rings. The summed E-state index contributed by atoms with van der Waals surface area (Å²) < 4.78 is 0. The molecule has 0 heterocycles. The highest BCUT2D eigenvalue weighted by Gasteiger charge is 2.18. The third-order valence-electron chi connectivity index (χ3n) is 3.34. The second kappa shape index (κ2) is 8.28. The van der Waals surface area contributed by atoms with E-state index in [1.807, 2.05) is 0 Å². The average molecular weight is 199 g/mol. The zero-order chi connectivity index (χ0) is 11.0. The van der Waals surface area contributed by atoms with Gasteiger partial charge in [0.25, 0.3) is 0 Å². The summed E-state index contributed by atoms with van der Waals surface area (Å²) in [5.41, 5.74) is 0. The van der Waals surface area contributed by atoms with Crippen molar-refractivity contribution in [3.05, 3.63) is 0 Å². The van der Waals surface area contributed by atoms with E-state index in [0.29, 0.717) is 6.04 Å². The summed E-state index contributed by atoms with van der Waals surface area (Å²) in [6.45, 7) is 9.28. The molecule has 0 saturated carbocycles. The zero-order valence-electron chi connectivity index (χ0n) is 10.8. The molecule has 2 unspecified atom stereocenters. The summed E-state index contributed by atoms with van der Waals surface area (Å²) in [5.74, 6) is 1.65. The second-order valence-corrected chi connectivity index (χ2v) is 4.83. The van der Waals surface area contributed by atoms with Gasteiger partial charge in [-0.3, -0.25) is 0 Å². The molecule has 0 aromatic carbocycles. The van der Waals surface area contributed by atoms with E-state index < -0.39 is 0 Å². The van der Waals surface area contributed by atoms with Gasteiger partial charge in [-0.15, -0.1) is 0 Å². The molecule has 0 aliphatic heterocycles. The third kappa shape index (κ3) is 5.64. The minimum atomic E-state index is 0.664. The average Bonchev–Trinajstić information content (AvgIpc) is 2.16. The molecule has 0 aromatic heterocycles. The van der Waals surface area contributed by atoms with Gasteiger partial charge in [0, 0.05) is 6.04 Å². The lowest BCUT2D eigenvalue weighted by atomic mass is 9.85. The van der Waals surface area contributed by atoms with E-state index in [0.717, 1.165) is 11.8 Å². The van der Waals surface area contributed by atoms with Crippen LogP contribution in [0.15, 0.2) is 0 Å². The number of hydrogen-bond donors (Lipinski definition) is 1. The number of unbranched alkanes of at least 4 members (excludes halogenated alkanes) is 3. The largest absolute Gasteiger partial charge is 0.317 e. The van der Waals surface area contributed by atoms with Crippen molar-refractivity contribution in [2.24, 2.45) is 11.8 Å². The lowest BCUT2D eigenvalue weighted by molar-refractivity contribution is 0.275. The highest BCUT2D eigenvalue weighted by molar-refractivity contribution is 4.73. The van der Waals surface area contributed by atoms with Crippen LogP contribution in [0.25, 0.3) is 0 Å². The van der Waals surface area contributed by atoms with E-state index in [1.165, 1.54) is 32.1 Å². The molecule has 0 aliphatic carbocycles. The minimum absolute atomic E-state index is 0.664. The van der Waals surface area contributed by atoms with Crippen LogP contribution < -0.4 is 5.32 Å². The van der Waals surface area contributed by atoms with Gasteiger partial charge < -0.3 is 5.32 Å². The van der Waals surface area contributed by atoms with Gasteiger partial charge in [0.2, 0.25) is 0 Å². The van der Waals surface area contributed by atoms with E-state index >= 15 is 0 Å². The third-order valence-corrected chi connectivity index (χ3v) is 3.34. The standard InChI is InChI=1S/C13H29N/c1-6-7-8-9-10-13(11(2)3)12(4)14-5/h11-14H,6-10H2,1-5H3. The van der Waals surface area contributed by atoms with Gasteiger partial charge in [-0.05, 0) is 32.2 Å². The molecule has 2 atom stereocenters. The Morgan fingerprint density at radius 2 is 1.64 bits per heavy atom. The summed E-state index contributed by atoms with van der Waals surface area (Å²) in [5, 5.41) is 3.39. The molecule has 0 aromatic rings. The van der Waals surface area contributed by atoms with E-state index in [-0.39, 0.29) is 0 Å². The predicted molar refractivity (Wildman–Crippen MR) is 65.6 cm³/mol. The van der Waals surface area contributed by atoms with Crippen molar-refractivity contribution in [2.45, 2.75) is 65.8 Å². The first kappa shape index (κ1) is 14.0. The number of rotatable bonds is 8. The van der Waals surface area contributed by atoms with Gasteiger partial charge in [-0.25, -0.2) is 0 Å². The molecule has 1 nitrogen and oxygen atoms in total. The minimum Gasteiger partial charge on any atom is -0.317 e. The van der Waals surface area contributed by atoms with Crippen LogP contribution in [0.1, 0.15) is 59.8 Å². The molecule has 0 fully saturated rings. The fourth-order valence-electron chi connectivity index (χ4n) is 2.18. The zero-order valence-corrected chi connectivity index (χ0v) is 10.8. The van der Waals surface area contributed by atoms with Gasteiger partial charge in [0.05, 0.1) is 0 Å². The summed E-state index contributed by atoms with van der Waals surface area (Å²) >= 11 is 0. The van der Waals surface area contributed by atoms with E-state index in [2.05, 4.69) is 40.1 Å². The molecule has 1 N–H and O–H groups in total. The van der Waals surface area contributed by atoms with Crippen molar-refractivity contribution in [2.75, 3.05) is 7.05 Å². The fourth-order valence-corrected chi connectivity index (χ4v) is 2.18. The van der Waals surface area contributed by atoms with Crippen LogP contribution in [-0.2, 0) is 0 Å². The van der Waals surface area contributed by atoms with E-state index in [9.17, 15) is 0 Å². The van der Waals surface area contributed by atoms with Crippen molar-refractivity contribution >= 4 is 0 Å².